The molecule has 0 bridgehead atoms. The number of primary sulfonamides is 1. The molecule has 0 saturated carbocycles. The summed E-state index contributed by atoms with van der Waals surface area (Å²) >= 11 is 0. The van der Waals surface area contributed by atoms with E-state index in [0.717, 1.165) is 86.7 Å². The average Bonchev–Trinajstić information content (AvgIpc) is 4.05. The van der Waals surface area contributed by atoms with Gasteiger partial charge in [0.1, 0.15) is 10.5 Å². The molecular weight excluding hydrogens is 857 g/mol. The third-order valence-electron chi connectivity index (χ3n) is 13.4. The summed E-state index contributed by atoms with van der Waals surface area (Å²) in [6.45, 7) is 2.82. The van der Waals surface area contributed by atoms with Gasteiger partial charge in [0, 0.05) is 83.6 Å². The molecule has 2 fully saturated rings. The first kappa shape index (κ1) is 45.3. The molecule has 16 nitrogen and oxygen atoms in total. The number of rotatable bonds is 9. The van der Waals surface area contributed by atoms with Crippen LogP contribution in [0.4, 0.5) is 16.2 Å². The average molecular weight is 913 g/mol. The molecule has 2 aromatic heterocycles. The Morgan fingerprint density at radius 2 is 1.09 bits per heavy atom. The highest BCUT2D eigenvalue weighted by atomic mass is 32.2. The van der Waals surface area contributed by atoms with E-state index < -0.39 is 36.6 Å². The van der Waals surface area contributed by atoms with Crippen LogP contribution in [0.5, 0.6) is 0 Å². The number of benzene rings is 2. The number of nitrogens with two attached hydrogens (primary N) is 1. The van der Waals surface area contributed by atoms with Gasteiger partial charge in [-0.3, -0.25) is 19.4 Å². The van der Waals surface area contributed by atoms with Crippen molar-refractivity contribution >= 4 is 43.5 Å². The molecule has 2 saturated heterocycles. The van der Waals surface area contributed by atoms with Crippen molar-refractivity contribution in [3.63, 3.8) is 0 Å². The summed E-state index contributed by atoms with van der Waals surface area (Å²) in [4.78, 5) is 53.7. The lowest BCUT2D eigenvalue weighted by Crippen LogP contribution is -2.58. The number of aliphatic imine (C=N–C) groups is 1. The number of carbonyl (C=O) groups excluding carboxylic acids is 2. The SMILES string of the molecule is Cn1cc(CN2CC(S(=O)(=O)NC(=O)Nc3c4c(cc5c3CCC5)CCC4)C2)ccc1=O.Cn1cc(CN2CC(S(N)(=O)=O)C2)ccc1=O.O=C=Nc1c2c(cc3c1CCC3)CCC2. The Kier molecular flexibility index (Phi) is 13.3. The number of sulfonamides is 2. The number of nitrogens with zero attached hydrogens (tertiary/aromatic N) is 5. The first-order chi connectivity index (χ1) is 30.6. The minimum atomic E-state index is -3.77. The van der Waals surface area contributed by atoms with Crippen LogP contribution in [0.15, 0.2) is 63.4 Å². The van der Waals surface area contributed by atoms with E-state index in [0.29, 0.717) is 39.3 Å². The Bertz CT molecular complexity index is 2810. The second-order valence-electron chi connectivity index (χ2n) is 17.9. The number of isocyanates is 1. The summed E-state index contributed by atoms with van der Waals surface area (Å²) in [5.74, 6) is 0. The molecule has 0 atom stereocenters. The number of fused-ring (bicyclic) bond motifs is 4. The zero-order valence-corrected chi connectivity index (χ0v) is 38.0. The fourth-order valence-corrected chi connectivity index (χ4v) is 12.1. The summed E-state index contributed by atoms with van der Waals surface area (Å²) in [6.07, 6.45) is 18.2. The minimum Gasteiger partial charge on any atom is -0.318 e. The summed E-state index contributed by atoms with van der Waals surface area (Å²) in [5, 5.41) is 6.85. The number of hydrogen-bond donors (Lipinski definition) is 3. The predicted molar refractivity (Wildman–Crippen MR) is 244 cm³/mol. The van der Waals surface area contributed by atoms with E-state index in [2.05, 4.69) is 27.2 Å². The Morgan fingerprint density at radius 3 is 1.52 bits per heavy atom. The number of aryl methyl sites for hydroxylation is 6. The van der Waals surface area contributed by atoms with Gasteiger partial charge in [0.05, 0.1) is 5.69 Å². The highest BCUT2D eigenvalue weighted by Gasteiger charge is 2.39. The van der Waals surface area contributed by atoms with Gasteiger partial charge in [-0.05, 0) is 133 Å². The normalized spacial score (nSPS) is 17.9. The lowest BCUT2D eigenvalue weighted by molar-refractivity contribution is 0.175. The van der Waals surface area contributed by atoms with E-state index in [1.54, 1.807) is 44.7 Å². The van der Waals surface area contributed by atoms with E-state index in [1.165, 1.54) is 78.6 Å². The third-order valence-corrected chi connectivity index (χ3v) is 16.3. The zero-order valence-electron chi connectivity index (χ0n) is 36.4. The van der Waals surface area contributed by atoms with Gasteiger partial charge in [-0.1, -0.05) is 24.3 Å². The maximum atomic E-state index is 12.7. The van der Waals surface area contributed by atoms with Gasteiger partial charge < -0.3 is 14.5 Å². The Balaban J connectivity index is 0.000000146. The van der Waals surface area contributed by atoms with E-state index in [4.69, 9.17) is 5.14 Å². The summed E-state index contributed by atoms with van der Waals surface area (Å²) in [6, 6.07) is 10.5. The molecule has 340 valence electrons. The molecule has 0 radical (unpaired) electrons. The summed E-state index contributed by atoms with van der Waals surface area (Å²) < 4.78 is 52.8. The van der Waals surface area contributed by atoms with Crippen molar-refractivity contribution in [2.45, 2.75) is 101 Å². The molecular formula is C46H56N8O8S2. The molecule has 18 heteroatoms. The molecule has 2 aromatic carbocycles. The van der Waals surface area contributed by atoms with Gasteiger partial charge in [-0.15, -0.1) is 0 Å². The van der Waals surface area contributed by atoms with Crippen molar-refractivity contribution in [1.29, 1.82) is 0 Å². The molecule has 4 aromatic rings. The van der Waals surface area contributed by atoms with E-state index >= 15 is 0 Å². The van der Waals surface area contributed by atoms with Crippen molar-refractivity contribution in [3.8, 4) is 0 Å². The second-order valence-corrected chi connectivity index (χ2v) is 21.7. The molecule has 0 spiro atoms. The molecule has 4 heterocycles. The van der Waals surface area contributed by atoms with Gasteiger partial charge in [-0.2, -0.15) is 4.99 Å². The Hall–Kier alpha value is -5.23. The van der Waals surface area contributed by atoms with Gasteiger partial charge in [0.2, 0.25) is 37.2 Å². The topological polar surface area (TPSA) is 215 Å². The maximum Gasteiger partial charge on any atom is 0.332 e. The van der Waals surface area contributed by atoms with Gasteiger partial charge in [-0.25, -0.2) is 36.3 Å². The molecule has 10 rings (SSSR count). The fourth-order valence-electron chi connectivity index (χ4n) is 10.00. The number of nitrogens with one attached hydrogen (secondary N) is 2. The van der Waals surface area contributed by atoms with Crippen molar-refractivity contribution in [3.05, 3.63) is 125 Å². The van der Waals surface area contributed by atoms with Crippen LogP contribution in [0.3, 0.4) is 0 Å². The molecule has 4 aliphatic carbocycles. The third kappa shape index (κ3) is 10.0. The van der Waals surface area contributed by atoms with Crippen LogP contribution in [-0.2, 0) is 103 Å². The van der Waals surface area contributed by atoms with Crippen LogP contribution in [0.25, 0.3) is 0 Å². The summed E-state index contributed by atoms with van der Waals surface area (Å²) in [7, 11) is -3.79. The van der Waals surface area contributed by atoms with Crippen molar-refractivity contribution in [2.24, 2.45) is 24.2 Å². The number of aromatic nitrogens is 2. The highest BCUT2D eigenvalue weighted by Crippen LogP contribution is 2.40. The van der Waals surface area contributed by atoms with Crippen molar-refractivity contribution in [2.75, 3.05) is 31.5 Å². The largest absolute Gasteiger partial charge is 0.332 e. The number of likely N-dealkylation sites (tertiary alicyclic amines) is 2. The van der Waals surface area contributed by atoms with Crippen molar-refractivity contribution in [1.82, 2.24) is 23.7 Å². The standard InChI is InChI=1S/C23H28N4O4S.C13H13NO.C10H15N3O3S/c1-26-11-15(8-9-21(26)28)12-27-13-18(14-27)32(30,31)25-23(29)24-22-19-6-2-4-16(19)10-17-5-3-7-20(17)22;15-8-14-13-11-5-1-3-9(11)7-10-4-2-6-12(10)13;1-12-4-8(2-3-10(12)14)5-13-6-9(7-13)17(11,15)16/h8-11,18H,2-7,12-14H2,1H3,(H2,24,25,29);7H,1-6H2;2-4,9H,5-7H2,1H3,(H2,11,15,16). The zero-order chi connectivity index (χ0) is 45.3. The lowest BCUT2D eigenvalue weighted by Gasteiger charge is -2.38. The lowest BCUT2D eigenvalue weighted by atomic mass is 9.99. The number of amides is 2. The molecule has 64 heavy (non-hydrogen) atoms. The van der Waals surface area contributed by atoms with Crippen LogP contribution >= 0.6 is 0 Å². The smallest absolute Gasteiger partial charge is 0.318 e. The fraction of sp³-hybridized carbons (Fsp3) is 0.478. The maximum absolute atomic E-state index is 12.7. The molecule has 4 N–H and O–H groups in total. The van der Waals surface area contributed by atoms with Crippen LogP contribution in [0.2, 0.25) is 0 Å². The van der Waals surface area contributed by atoms with Gasteiger partial charge in [0.25, 0.3) is 0 Å². The number of pyridine rings is 2. The Morgan fingerprint density at radius 1 is 0.672 bits per heavy atom. The number of urea groups is 1. The molecule has 6 aliphatic rings. The van der Waals surface area contributed by atoms with Gasteiger partial charge in [0.15, 0.2) is 0 Å². The first-order valence-electron chi connectivity index (χ1n) is 22.1. The monoisotopic (exact) mass is 912 g/mol. The Labute approximate surface area is 373 Å². The van der Waals surface area contributed by atoms with Gasteiger partial charge >= 0.3 is 6.03 Å². The first-order valence-corrected chi connectivity index (χ1v) is 25.2. The van der Waals surface area contributed by atoms with Crippen LogP contribution in [0, 0.1) is 0 Å². The molecule has 2 aliphatic heterocycles. The van der Waals surface area contributed by atoms with E-state index in [-0.39, 0.29) is 11.1 Å². The van der Waals surface area contributed by atoms with Crippen LogP contribution in [-0.4, -0.2) is 84.6 Å². The molecule has 0 unspecified atom stereocenters. The predicted octanol–water partition coefficient (Wildman–Crippen LogP) is 3.19. The van der Waals surface area contributed by atoms with Crippen LogP contribution in [0.1, 0.15) is 81.3 Å². The molecule has 2 amide bonds. The quantitative estimate of drug-likeness (QED) is 0.165. The minimum absolute atomic E-state index is 0.0558. The van der Waals surface area contributed by atoms with E-state index in [9.17, 15) is 36.0 Å². The number of carbonyl (C=O) groups is 1. The highest BCUT2D eigenvalue weighted by molar-refractivity contribution is 7.90. The van der Waals surface area contributed by atoms with Crippen LogP contribution < -0.4 is 26.3 Å². The van der Waals surface area contributed by atoms with E-state index in [1.807, 2.05) is 9.80 Å². The number of hydrogen-bond acceptors (Lipinski definition) is 11. The number of anilines is 1. The van der Waals surface area contributed by atoms with Crippen molar-refractivity contribution < 1.29 is 26.4 Å². The summed E-state index contributed by atoms with van der Waals surface area (Å²) in [5.41, 5.74) is 14.0. The second kappa shape index (κ2) is 18.7.